The SMILES string of the molecule is CC1(C)COC(=O)C1N1CC(C=O)C(c2cccc(F)c2)C1. The number of ether oxygens (including phenoxy) is 1. The second-order valence-electron chi connectivity index (χ2n) is 6.91. The first-order valence-electron chi connectivity index (χ1n) is 7.54. The number of carbonyl (C=O) groups is 2. The number of hydrogen-bond acceptors (Lipinski definition) is 4. The van der Waals surface area contributed by atoms with E-state index in [0.29, 0.717) is 19.7 Å². The Morgan fingerprint density at radius 2 is 2.14 bits per heavy atom. The van der Waals surface area contributed by atoms with E-state index in [1.807, 2.05) is 24.8 Å². The lowest BCUT2D eigenvalue weighted by Crippen LogP contribution is -2.45. The van der Waals surface area contributed by atoms with Crippen molar-refractivity contribution in [2.24, 2.45) is 11.3 Å². The van der Waals surface area contributed by atoms with E-state index < -0.39 is 0 Å². The van der Waals surface area contributed by atoms with Gasteiger partial charge in [-0.3, -0.25) is 9.69 Å². The maximum absolute atomic E-state index is 13.5. The normalized spacial score (nSPS) is 31.2. The molecule has 2 saturated heterocycles. The molecule has 2 aliphatic heterocycles. The molecule has 0 bridgehead atoms. The highest BCUT2D eigenvalue weighted by Crippen LogP contribution is 2.39. The summed E-state index contributed by atoms with van der Waals surface area (Å²) < 4.78 is 18.7. The summed E-state index contributed by atoms with van der Waals surface area (Å²) in [5.41, 5.74) is 0.533. The highest BCUT2D eigenvalue weighted by molar-refractivity contribution is 5.79. The Bertz CT molecular complexity index is 601. The van der Waals surface area contributed by atoms with Crippen LogP contribution in [0.15, 0.2) is 24.3 Å². The molecule has 2 aliphatic rings. The van der Waals surface area contributed by atoms with Gasteiger partial charge >= 0.3 is 5.97 Å². The molecule has 4 nitrogen and oxygen atoms in total. The Hall–Kier alpha value is -1.75. The lowest BCUT2D eigenvalue weighted by molar-refractivity contribution is -0.142. The molecule has 22 heavy (non-hydrogen) atoms. The summed E-state index contributed by atoms with van der Waals surface area (Å²) in [4.78, 5) is 25.5. The van der Waals surface area contributed by atoms with E-state index in [4.69, 9.17) is 4.74 Å². The van der Waals surface area contributed by atoms with Crippen molar-refractivity contribution in [2.45, 2.75) is 25.8 Å². The van der Waals surface area contributed by atoms with E-state index in [1.54, 1.807) is 6.07 Å². The number of cyclic esters (lactones) is 1. The first-order chi connectivity index (χ1) is 10.4. The molecule has 3 rings (SSSR count). The lowest BCUT2D eigenvalue weighted by atomic mass is 9.86. The van der Waals surface area contributed by atoms with Crippen LogP contribution in [-0.2, 0) is 14.3 Å². The standard InChI is InChI=1S/C17H20FNO3/c1-17(2)10-22-16(21)15(17)19-7-12(9-20)14(8-19)11-4-3-5-13(18)6-11/h3-6,9,12,14-15H,7-8,10H2,1-2H3. The number of carbonyl (C=O) groups excluding carboxylic acids is 2. The topological polar surface area (TPSA) is 46.6 Å². The van der Waals surface area contributed by atoms with Crippen LogP contribution in [0.1, 0.15) is 25.3 Å². The van der Waals surface area contributed by atoms with Crippen LogP contribution in [0.3, 0.4) is 0 Å². The fourth-order valence-corrected chi connectivity index (χ4v) is 3.68. The predicted octanol–water partition coefficient (Wildman–Crippen LogP) is 1.99. The van der Waals surface area contributed by atoms with Gasteiger partial charge in [0.1, 0.15) is 18.1 Å². The van der Waals surface area contributed by atoms with Crippen LogP contribution in [0.5, 0.6) is 0 Å². The van der Waals surface area contributed by atoms with Gasteiger partial charge in [-0.2, -0.15) is 0 Å². The van der Waals surface area contributed by atoms with Gasteiger partial charge in [0.2, 0.25) is 0 Å². The number of hydrogen-bond donors (Lipinski definition) is 0. The molecule has 2 heterocycles. The third kappa shape index (κ3) is 2.54. The fraction of sp³-hybridized carbons (Fsp3) is 0.529. The van der Waals surface area contributed by atoms with E-state index >= 15 is 0 Å². The number of rotatable bonds is 3. The second-order valence-corrected chi connectivity index (χ2v) is 6.91. The van der Waals surface area contributed by atoms with E-state index in [2.05, 4.69) is 0 Å². The van der Waals surface area contributed by atoms with Crippen molar-refractivity contribution >= 4 is 12.3 Å². The maximum Gasteiger partial charge on any atom is 0.324 e. The van der Waals surface area contributed by atoms with Gasteiger partial charge in [-0.1, -0.05) is 26.0 Å². The van der Waals surface area contributed by atoms with Crippen molar-refractivity contribution in [1.29, 1.82) is 0 Å². The third-order valence-electron chi connectivity index (χ3n) is 4.76. The maximum atomic E-state index is 13.5. The van der Waals surface area contributed by atoms with Gasteiger partial charge in [0.05, 0.1) is 6.61 Å². The van der Waals surface area contributed by atoms with Crippen molar-refractivity contribution in [1.82, 2.24) is 4.90 Å². The number of nitrogens with zero attached hydrogens (tertiary/aromatic N) is 1. The van der Waals surface area contributed by atoms with E-state index in [-0.39, 0.29) is 35.1 Å². The lowest BCUT2D eigenvalue weighted by Gasteiger charge is -2.30. The smallest absolute Gasteiger partial charge is 0.324 e. The highest BCUT2D eigenvalue weighted by Gasteiger charge is 2.50. The zero-order valence-electron chi connectivity index (χ0n) is 12.8. The van der Waals surface area contributed by atoms with Gasteiger partial charge in [-0.25, -0.2) is 4.39 Å². The monoisotopic (exact) mass is 305 g/mol. The van der Waals surface area contributed by atoms with Gasteiger partial charge in [-0.05, 0) is 17.7 Å². The minimum atomic E-state index is -0.339. The van der Waals surface area contributed by atoms with Crippen molar-refractivity contribution in [3.8, 4) is 0 Å². The van der Waals surface area contributed by atoms with Gasteiger partial charge < -0.3 is 9.53 Å². The summed E-state index contributed by atoms with van der Waals surface area (Å²) in [5.74, 6) is -0.848. The zero-order chi connectivity index (χ0) is 15.9. The van der Waals surface area contributed by atoms with E-state index in [9.17, 15) is 14.0 Å². The molecule has 3 unspecified atom stereocenters. The summed E-state index contributed by atoms with van der Waals surface area (Å²) in [6.45, 7) is 5.45. The molecule has 1 aromatic carbocycles. The fourth-order valence-electron chi connectivity index (χ4n) is 3.68. The first-order valence-corrected chi connectivity index (χ1v) is 7.54. The zero-order valence-corrected chi connectivity index (χ0v) is 12.8. The largest absolute Gasteiger partial charge is 0.464 e. The molecule has 0 N–H and O–H groups in total. The average molecular weight is 305 g/mol. The Morgan fingerprint density at radius 3 is 2.73 bits per heavy atom. The summed E-state index contributed by atoms with van der Waals surface area (Å²) in [5, 5.41) is 0. The number of halogens is 1. The number of likely N-dealkylation sites (tertiary alicyclic amines) is 1. The minimum absolute atomic E-state index is 0.0857. The van der Waals surface area contributed by atoms with Crippen molar-refractivity contribution in [3.63, 3.8) is 0 Å². The van der Waals surface area contributed by atoms with Crippen LogP contribution in [0.25, 0.3) is 0 Å². The van der Waals surface area contributed by atoms with Crippen molar-refractivity contribution in [3.05, 3.63) is 35.6 Å². The molecular weight excluding hydrogens is 285 g/mol. The Kier molecular flexibility index (Phi) is 3.77. The van der Waals surface area contributed by atoms with Gasteiger partial charge in [0, 0.05) is 30.3 Å². The van der Waals surface area contributed by atoms with Gasteiger partial charge in [0.15, 0.2) is 0 Å². The van der Waals surface area contributed by atoms with Crippen LogP contribution < -0.4 is 0 Å². The third-order valence-corrected chi connectivity index (χ3v) is 4.76. The van der Waals surface area contributed by atoms with Crippen LogP contribution in [0.4, 0.5) is 4.39 Å². The Morgan fingerprint density at radius 1 is 1.36 bits per heavy atom. The first kappa shape index (κ1) is 15.2. The van der Waals surface area contributed by atoms with Crippen molar-refractivity contribution < 1.29 is 18.7 Å². The molecular formula is C17H20FNO3. The molecule has 0 amide bonds. The quantitative estimate of drug-likeness (QED) is 0.633. The van der Waals surface area contributed by atoms with Crippen LogP contribution in [0.2, 0.25) is 0 Å². The van der Waals surface area contributed by atoms with Crippen LogP contribution in [-0.4, -0.2) is 42.9 Å². The molecule has 2 fully saturated rings. The molecule has 5 heteroatoms. The number of esters is 1. The molecule has 0 saturated carbocycles. The second kappa shape index (κ2) is 5.47. The summed E-state index contributed by atoms with van der Waals surface area (Å²) in [6.07, 6.45) is 0.920. The predicted molar refractivity (Wildman–Crippen MR) is 78.8 cm³/mol. The molecule has 0 radical (unpaired) electrons. The molecule has 118 valence electrons. The summed E-state index contributed by atoms with van der Waals surface area (Å²) in [6, 6.07) is 6.02. The summed E-state index contributed by atoms with van der Waals surface area (Å²) >= 11 is 0. The average Bonchev–Trinajstić information content (AvgIpc) is 2.99. The Balaban J connectivity index is 1.86. The van der Waals surface area contributed by atoms with E-state index in [0.717, 1.165) is 11.8 Å². The summed E-state index contributed by atoms with van der Waals surface area (Å²) in [7, 11) is 0. The van der Waals surface area contributed by atoms with E-state index in [1.165, 1.54) is 12.1 Å². The number of benzene rings is 1. The number of aldehydes is 1. The van der Waals surface area contributed by atoms with Crippen molar-refractivity contribution in [2.75, 3.05) is 19.7 Å². The van der Waals surface area contributed by atoms with Crippen LogP contribution >= 0.6 is 0 Å². The molecule has 1 aromatic rings. The molecule has 0 aliphatic carbocycles. The molecule has 0 aromatic heterocycles. The Labute approximate surface area is 129 Å². The minimum Gasteiger partial charge on any atom is -0.464 e. The van der Waals surface area contributed by atoms with Crippen LogP contribution in [0, 0.1) is 17.2 Å². The molecule has 0 spiro atoms. The van der Waals surface area contributed by atoms with Gasteiger partial charge in [-0.15, -0.1) is 0 Å². The van der Waals surface area contributed by atoms with Gasteiger partial charge in [0.25, 0.3) is 0 Å². The highest BCUT2D eigenvalue weighted by atomic mass is 19.1. The molecule has 3 atom stereocenters.